The molecule has 1 aromatic heterocycles. The summed E-state index contributed by atoms with van der Waals surface area (Å²) in [6.07, 6.45) is 3.49. The molecule has 6 nitrogen and oxygen atoms in total. The number of aldehydes is 1. The lowest BCUT2D eigenvalue weighted by Crippen LogP contribution is -2.36. The fourth-order valence-corrected chi connectivity index (χ4v) is 1.23. The number of rotatable bonds is 2. The molecule has 0 aliphatic carbocycles. The number of imidazole rings is 1. The first kappa shape index (κ1) is 7.93. The molecule has 0 amide bonds. The van der Waals surface area contributed by atoms with Gasteiger partial charge in [0.15, 0.2) is 5.82 Å². The van der Waals surface area contributed by atoms with Gasteiger partial charge in [0.2, 0.25) is 0 Å². The summed E-state index contributed by atoms with van der Waals surface area (Å²) < 4.78 is 0. The van der Waals surface area contributed by atoms with Gasteiger partial charge in [-0.05, 0) is 0 Å². The summed E-state index contributed by atoms with van der Waals surface area (Å²) in [7, 11) is 0. The molecule has 2 heterocycles. The molecule has 1 unspecified atom stereocenters. The van der Waals surface area contributed by atoms with Crippen molar-refractivity contribution in [3.8, 4) is 0 Å². The van der Waals surface area contributed by atoms with E-state index in [0.717, 1.165) is 12.0 Å². The van der Waals surface area contributed by atoms with Crippen molar-refractivity contribution in [3.63, 3.8) is 0 Å². The van der Waals surface area contributed by atoms with Gasteiger partial charge in [-0.3, -0.25) is 0 Å². The average molecular weight is 179 g/mol. The van der Waals surface area contributed by atoms with E-state index >= 15 is 0 Å². The van der Waals surface area contributed by atoms with Crippen LogP contribution < -0.4 is 5.73 Å². The van der Waals surface area contributed by atoms with Crippen LogP contribution in [0.5, 0.6) is 0 Å². The minimum atomic E-state index is -0.361. The lowest BCUT2D eigenvalue weighted by molar-refractivity contribution is -0.108. The van der Waals surface area contributed by atoms with Gasteiger partial charge in [-0.1, -0.05) is 0 Å². The first-order valence-electron chi connectivity index (χ1n) is 3.85. The molecule has 0 saturated heterocycles. The zero-order valence-corrected chi connectivity index (χ0v) is 6.84. The van der Waals surface area contributed by atoms with Gasteiger partial charge in [0.25, 0.3) is 0 Å². The Labute approximate surface area is 74.5 Å². The molecule has 0 spiro atoms. The SMILES string of the molecule is NC1c2[nH]cnc2N=CN1CC=O. The number of hydrogen-bond acceptors (Lipinski definition) is 5. The van der Waals surface area contributed by atoms with Crippen LogP contribution in [0.3, 0.4) is 0 Å². The van der Waals surface area contributed by atoms with Gasteiger partial charge < -0.3 is 20.4 Å². The zero-order valence-electron chi connectivity index (χ0n) is 6.84. The largest absolute Gasteiger partial charge is 0.344 e. The number of hydrogen-bond donors (Lipinski definition) is 2. The minimum absolute atomic E-state index is 0.239. The standard InChI is InChI=1S/C7H9N5O/c8-6-5-7(10-3-9-5)11-4-12(6)1-2-13/h2-4,6H,1,8H2,(H,9,10). The number of nitrogens with zero attached hydrogens (tertiary/aromatic N) is 3. The second-order valence-electron chi connectivity index (χ2n) is 2.69. The monoisotopic (exact) mass is 179 g/mol. The van der Waals surface area contributed by atoms with Crippen LogP contribution in [0.4, 0.5) is 5.82 Å². The average Bonchev–Trinajstić information content (AvgIpc) is 2.58. The van der Waals surface area contributed by atoms with Gasteiger partial charge in [-0.25, -0.2) is 9.98 Å². The van der Waals surface area contributed by atoms with E-state index in [4.69, 9.17) is 5.73 Å². The number of aromatic nitrogens is 2. The maximum atomic E-state index is 10.3. The van der Waals surface area contributed by atoms with Crippen molar-refractivity contribution in [2.24, 2.45) is 10.7 Å². The van der Waals surface area contributed by atoms with Crippen LogP contribution in [0.15, 0.2) is 11.3 Å². The first-order valence-corrected chi connectivity index (χ1v) is 3.85. The third kappa shape index (κ3) is 1.20. The fraction of sp³-hybridized carbons (Fsp3) is 0.286. The number of aromatic amines is 1. The Hall–Kier alpha value is -1.69. The highest BCUT2D eigenvalue weighted by Gasteiger charge is 2.22. The van der Waals surface area contributed by atoms with E-state index < -0.39 is 0 Å². The summed E-state index contributed by atoms with van der Waals surface area (Å²) in [5.41, 5.74) is 6.57. The third-order valence-corrected chi connectivity index (χ3v) is 1.91. The summed E-state index contributed by atoms with van der Waals surface area (Å²) in [5.74, 6) is 0.592. The van der Waals surface area contributed by atoms with Gasteiger partial charge in [-0.15, -0.1) is 0 Å². The predicted molar refractivity (Wildman–Crippen MR) is 46.4 cm³/mol. The predicted octanol–water partition coefficient (Wildman–Crippen LogP) is -0.459. The number of nitrogens with two attached hydrogens (primary N) is 1. The highest BCUT2D eigenvalue weighted by atomic mass is 16.1. The number of nitrogens with one attached hydrogen (secondary N) is 1. The molecule has 0 fully saturated rings. The molecule has 0 aromatic carbocycles. The van der Waals surface area contributed by atoms with E-state index in [9.17, 15) is 4.79 Å². The topological polar surface area (TPSA) is 87.4 Å². The number of aliphatic imine (C=N–C) groups is 1. The van der Waals surface area contributed by atoms with Gasteiger partial charge in [0.05, 0.1) is 24.9 Å². The Kier molecular flexibility index (Phi) is 1.82. The van der Waals surface area contributed by atoms with Crippen LogP contribution in [0.25, 0.3) is 0 Å². The van der Waals surface area contributed by atoms with Crippen molar-refractivity contribution in [1.29, 1.82) is 0 Å². The van der Waals surface area contributed by atoms with Gasteiger partial charge in [0.1, 0.15) is 12.5 Å². The normalized spacial score (nSPS) is 20.1. The van der Waals surface area contributed by atoms with Crippen molar-refractivity contribution in [3.05, 3.63) is 12.0 Å². The number of H-pyrrole nitrogens is 1. The van der Waals surface area contributed by atoms with E-state index in [1.165, 1.54) is 12.7 Å². The Morgan fingerprint density at radius 3 is 3.38 bits per heavy atom. The van der Waals surface area contributed by atoms with Crippen LogP contribution in [0.2, 0.25) is 0 Å². The van der Waals surface area contributed by atoms with E-state index in [1.54, 1.807) is 4.90 Å². The van der Waals surface area contributed by atoms with E-state index in [2.05, 4.69) is 15.0 Å². The molecule has 3 N–H and O–H groups in total. The van der Waals surface area contributed by atoms with Crippen molar-refractivity contribution < 1.29 is 4.79 Å². The highest BCUT2D eigenvalue weighted by Crippen LogP contribution is 2.25. The molecule has 2 rings (SSSR count). The smallest absolute Gasteiger partial charge is 0.178 e. The number of fused-ring (bicyclic) bond motifs is 1. The van der Waals surface area contributed by atoms with E-state index in [0.29, 0.717) is 5.82 Å². The summed E-state index contributed by atoms with van der Waals surface area (Å²) >= 11 is 0. The Morgan fingerprint density at radius 2 is 2.62 bits per heavy atom. The van der Waals surface area contributed by atoms with Crippen molar-refractivity contribution in [2.45, 2.75) is 6.17 Å². The first-order chi connectivity index (χ1) is 6.33. The quantitative estimate of drug-likeness (QED) is 0.601. The fourth-order valence-electron chi connectivity index (χ4n) is 1.23. The molecule has 1 aromatic rings. The van der Waals surface area contributed by atoms with Crippen LogP contribution in [-0.2, 0) is 4.79 Å². The molecule has 68 valence electrons. The van der Waals surface area contributed by atoms with Gasteiger partial charge in [-0.2, -0.15) is 0 Å². The molecule has 6 heteroatoms. The van der Waals surface area contributed by atoms with Gasteiger partial charge in [0, 0.05) is 0 Å². The summed E-state index contributed by atoms with van der Waals surface area (Å²) in [6.45, 7) is 0.239. The molecule has 0 radical (unpaired) electrons. The van der Waals surface area contributed by atoms with Crippen LogP contribution in [-0.4, -0.2) is 34.0 Å². The Bertz CT molecular complexity index is 344. The molecule has 1 atom stereocenters. The summed E-state index contributed by atoms with van der Waals surface area (Å²) in [4.78, 5) is 22.8. The number of carbonyl (C=O) groups is 1. The van der Waals surface area contributed by atoms with E-state index in [-0.39, 0.29) is 12.7 Å². The second-order valence-corrected chi connectivity index (χ2v) is 2.69. The molecule has 0 saturated carbocycles. The lowest BCUT2D eigenvalue weighted by atomic mass is 10.3. The maximum Gasteiger partial charge on any atom is 0.178 e. The van der Waals surface area contributed by atoms with Gasteiger partial charge >= 0.3 is 0 Å². The zero-order chi connectivity index (χ0) is 9.26. The molecule has 1 aliphatic heterocycles. The Morgan fingerprint density at radius 1 is 1.77 bits per heavy atom. The Balaban J connectivity index is 2.29. The highest BCUT2D eigenvalue weighted by molar-refractivity contribution is 5.68. The van der Waals surface area contributed by atoms with Crippen molar-refractivity contribution in [1.82, 2.24) is 14.9 Å². The van der Waals surface area contributed by atoms with E-state index in [1.807, 2.05) is 0 Å². The molecule has 13 heavy (non-hydrogen) atoms. The maximum absolute atomic E-state index is 10.3. The van der Waals surface area contributed by atoms with Crippen LogP contribution >= 0.6 is 0 Å². The lowest BCUT2D eigenvalue weighted by Gasteiger charge is -2.26. The molecule has 1 aliphatic rings. The summed E-state index contributed by atoms with van der Waals surface area (Å²) in [6, 6.07) is 0. The number of carbonyl (C=O) groups excluding carboxylic acids is 1. The minimum Gasteiger partial charge on any atom is -0.344 e. The second kappa shape index (κ2) is 2.98. The molecular formula is C7H9N5O. The van der Waals surface area contributed by atoms with Crippen molar-refractivity contribution in [2.75, 3.05) is 6.54 Å². The third-order valence-electron chi connectivity index (χ3n) is 1.91. The van der Waals surface area contributed by atoms with Crippen molar-refractivity contribution >= 4 is 18.4 Å². The molecule has 0 bridgehead atoms. The summed E-state index contributed by atoms with van der Waals surface area (Å²) in [5, 5.41) is 0. The van der Waals surface area contributed by atoms with Crippen LogP contribution in [0.1, 0.15) is 11.9 Å². The van der Waals surface area contributed by atoms with Crippen LogP contribution in [0, 0.1) is 0 Å². The molecular weight excluding hydrogens is 170 g/mol.